The van der Waals surface area contributed by atoms with Crippen LogP contribution in [0.5, 0.6) is 5.75 Å². The molecule has 32 heavy (non-hydrogen) atoms. The van der Waals surface area contributed by atoms with Gasteiger partial charge in [-0.15, -0.1) is 12.4 Å². The molecule has 1 unspecified atom stereocenters. The van der Waals surface area contributed by atoms with Crippen molar-refractivity contribution < 1.29 is 24.2 Å². The Bertz CT molecular complexity index is 790. The molecule has 0 saturated carbocycles. The van der Waals surface area contributed by atoms with E-state index in [9.17, 15) is 9.59 Å². The van der Waals surface area contributed by atoms with E-state index in [2.05, 4.69) is 10.2 Å². The minimum Gasteiger partial charge on any atom is -0.496 e. The highest BCUT2D eigenvalue weighted by Gasteiger charge is 2.27. The molecular weight excluding hydrogens is 459 g/mol. The Labute approximate surface area is 199 Å². The molecule has 3 rings (SSSR count). The van der Waals surface area contributed by atoms with Crippen molar-refractivity contribution >= 4 is 41.5 Å². The maximum atomic E-state index is 12.6. The minimum absolute atomic E-state index is 0. The molecule has 2 amide bonds. The molecule has 0 spiro atoms. The second-order valence-electron chi connectivity index (χ2n) is 8.02. The van der Waals surface area contributed by atoms with Gasteiger partial charge in [0.05, 0.1) is 36.1 Å². The van der Waals surface area contributed by atoms with Gasteiger partial charge in [-0.05, 0) is 24.8 Å². The third-order valence-corrected chi connectivity index (χ3v) is 6.22. The number of piperidine rings is 1. The van der Waals surface area contributed by atoms with Crippen LogP contribution >= 0.6 is 24.0 Å². The Balaban J connectivity index is 0.00000363. The van der Waals surface area contributed by atoms with Gasteiger partial charge in [-0.2, -0.15) is 0 Å². The fraction of sp³-hybridized carbons (Fsp3) is 0.619. The van der Waals surface area contributed by atoms with Crippen LogP contribution in [0, 0.1) is 5.92 Å². The minimum atomic E-state index is -0.421. The zero-order chi connectivity index (χ0) is 22.4. The molecule has 9 nitrogen and oxygen atoms in total. The summed E-state index contributed by atoms with van der Waals surface area (Å²) in [7, 11) is 1.48. The standard InChI is InChI=1S/C21H31ClN4O5.ClH/c1-30-19-9-18(23)17(22)8-16(19)21(29)24-10-15-12-25(6-7-31-15)11-14-2-4-26(5-3-14)20(28)13-27;/h8-9,14-15,27H,2-7,10-13,23H2,1H3,(H,24,29);1H. The number of nitrogens with two attached hydrogens (primary N) is 1. The van der Waals surface area contributed by atoms with Crippen molar-refractivity contribution in [2.75, 3.05) is 65.3 Å². The molecule has 0 aromatic heterocycles. The number of hydrogen-bond acceptors (Lipinski definition) is 7. The van der Waals surface area contributed by atoms with E-state index in [1.807, 2.05) is 0 Å². The van der Waals surface area contributed by atoms with E-state index in [0.29, 0.717) is 54.2 Å². The molecule has 4 N–H and O–H groups in total. The van der Waals surface area contributed by atoms with Gasteiger partial charge >= 0.3 is 0 Å². The lowest BCUT2D eigenvalue weighted by atomic mass is 9.96. The number of methoxy groups -OCH3 is 1. The third kappa shape index (κ3) is 6.86. The molecule has 2 aliphatic heterocycles. The Morgan fingerprint density at radius 1 is 1.31 bits per heavy atom. The van der Waals surface area contributed by atoms with Crippen LogP contribution < -0.4 is 15.8 Å². The summed E-state index contributed by atoms with van der Waals surface area (Å²) >= 11 is 6.06. The van der Waals surface area contributed by atoms with Crippen LogP contribution in [0.25, 0.3) is 0 Å². The molecule has 0 radical (unpaired) electrons. The number of benzene rings is 1. The Hall–Kier alpha value is -1.78. The number of hydrogen-bond donors (Lipinski definition) is 3. The van der Waals surface area contributed by atoms with Crippen LogP contribution in [-0.2, 0) is 9.53 Å². The highest BCUT2D eigenvalue weighted by Crippen LogP contribution is 2.28. The summed E-state index contributed by atoms with van der Waals surface area (Å²) in [4.78, 5) is 28.3. The SMILES string of the molecule is COc1cc(N)c(Cl)cc1C(=O)NCC1CN(CC2CCN(C(=O)CO)CC2)CCO1.Cl. The molecule has 1 aromatic carbocycles. The molecule has 2 aliphatic rings. The highest BCUT2D eigenvalue weighted by atomic mass is 35.5. The van der Waals surface area contributed by atoms with Crippen molar-refractivity contribution in [2.45, 2.75) is 18.9 Å². The predicted octanol–water partition coefficient (Wildman–Crippen LogP) is 1.01. The predicted molar refractivity (Wildman–Crippen MR) is 125 cm³/mol. The van der Waals surface area contributed by atoms with E-state index < -0.39 is 6.61 Å². The van der Waals surface area contributed by atoms with E-state index >= 15 is 0 Å². The normalized spacial score (nSPS) is 19.8. The van der Waals surface area contributed by atoms with Gasteiger partial charge in [-0.25, -0.2) is 0 Å². The number of aliphatic hydroxyl groups is 1. The molecular formula is C21H32Cl2N4O5. The van der Waals surface area contributed by atoms with Crippen molar-refractivity contribution in [1.82, 2.24) is 15.1 Å². The molecule has 2 fully saturated rings. The molecule has 0 aliphatic carbocycles. The summed E-state index contributed by atoms with van der Waals surface area (Å²) in [5, 5.41) is 12.2. The van der Waals surface area contributed by atoms with Crippen molar-refractivity contribution in [3.05, 3.63) is 22.7 Å². The first kappa shape index (κ1) is 26.5. The van der Waals surface area contributed by atoms with E-state index in [0.717, 1.165) is 32.5 Å². The van der Waals surface area contributed by atoms with E-state index in [1.54, 1.807) is 4.90 Å². The topological polar surface area (TPSA) is 117 Å². The van der Waals surface area contributed by atoms with Gasteiger partial charge in [0.15, 0.2) is 0 Å². The van der Waals surface area contributed by atoms with E-state index in [4.69, 9.17) is 31.9 Å². The molecule has 180 valence electrons. The number of aliphatic hydroxyl groups excluding tert-OH is 1. The van der Waals surface area contributed by atoms with Gasteiger partial charge in [0, 0.05) is 45.3 Å². The molecule has 0 bridgehead atoms. The second kappa shape index (κ2) is 12.5. The van der Waals surface area contributed by atoms with E-state index in [1.165, 1.54) is 19.2 Å². The zero-order valence-corrected chi connectivity index (χ0v) is 19.8. The number of amides is 2. The quantitative estimate of drug-likeness (QED) is 0.488. The number of rotatable bonds is 7. The Morgan fingerprint density at radius 3 is 2.69 bits per heavy atom. The average Bonchev–Trinajstić information content (AvgIpc) is 2.79. The lowest BCUT2D eigenvalue weighted by Crippen LogP contribution is -2.50. The van der Waals surface area contributed by atoms with Crippen molar-refractivity contribution in [3.63, 3.8) is 0 Å². The van der Waals surface area contributed by atoms with Crippen molar-refractivity contribution in [1.29, 1.82) is 0 Å². The number of anilines is 1. The van der Waals surface area contributed by atoms with Crippen LogP contribution in [0.4, 0.5) is 5.69 Å². The summed E-state index contributed by atoms with van der Waals surface area (Å²) < 4.78 is 11.1. The number of nitrogens with one attached hydrogen (secondary N) is 1. The van der Waals surface area contributed by atoms with Crippen LogP contribution in [0.2, 0.25) is 5.02 Å². The van der Waals surface area contributed by atoms with Crippen LogP contribution in [0.1, 0.15) is 23.2 Å². The van der Waals surface area contributed by atoms with Crippen molar-refractivity contribution in [3.8, 4) is 5.75 Å². The Kier molecular flexibility index (Phi) is 10.3. The first-order valence-corrected chi connectivity index (χ1v) is 10.9. The molecule has 1 aromatic rings. The summed E-state index contributed by atoms with van der Waals surface area (Å²) in [6.07, 6.45) is 1.76. The number of ether oxygens (including phenoxy) is 2. The maximum Gasteiger partial charge on any atom is 0.255 e. The van der Waals surface area contributed by atoms with Gasteiger partial charge < -0.3 is 30.5 Å². The maximum absolute atomic E-state index is 12.6. The van der Waals surface area contributed by atoms with Gasteiger partial charge in [0.2, 0.25) is 5.91 Å². The van der Waals surface area contributed by atoms with Crippen LogP contribution in [-0.4, -0.2) is 92.4 Å². The number of likely N-dealkylation sites (tertiary alicyclic amines) is 1. The molecule has 11 heteroatoms. The lowest BCUT2D eigenvalue weighted by molar-refractivity contribution is -0.135. The highest BCUT2D eigenvalue weighted by molar-refractivity contribution is 6.33. The van der Waals surface area contributed by atoms with Crippen LogP contribution in [0.3, 0.4) is 0 Å². The fourth-order valence-electron chi connectivity index (χ4n) is 4.12. The monoisotopic (exact) mass is 490 g/mol. The summed E-state index contributed by atoms with van der Waals surface area (Å²) in [5.41, 5.74) is 6.46. The Morgan fingerprint density at radius 2 is 2.03 bits per heavy atom. The third-order valence-electron chi connectivity index (χ3n) is 5.90. The number of morpholine rings is 1. The zero-order valence-electron chi connectivity index (χ0n) is 18.2. The summed E-state index contributed by atoms with van der Waals surface area (Å²) in [6, 6.07) is 3.04. The average molecular weight is 491 g/mol. The number of nitrogen functional groups attached to an aromatic ring is 1. The van der Waals surface area contributed by atoms with Crippen molar-refractivity contribution in [2.24, 2.45) is 5.92 Å². The lowest BCUT2D eigenvalue weighted by Gasteiger charge is -2.38. The summed E-state index contributed by atoms with van der Waals surface area (Å²) in [5.74, 6) is 0.397. The molecule has 1 atom stereocenters. The number of carbonyl (C=O) groups excluding carboxylic acids is 2. The largest absolute Gasteiger partial charge is 0.496 e. The van der Waals surface area contributed by atoms with E-state index in [-0.39, 0.29) is 30.3 Å². The summed E-state index contributed by atoms with van der Waals surface area (Å²) in [6.45, 7) is 4.48. The number of carbonyl (C=O) groups is 2. The smallest absolute Gasteiger partial charge is 0.255 e. The van der Waals surface area contributed by atoms with Gasteiger partial charge in [-0.3, -0.25) is 14.5 Å². The van der Waals surface area contributed by atoms with Crippen LogP contribution in [0.15, 0.2) is 12.1 Å². The van der Waals surface area contributed by atoms with Gasteiger partial charge in [-0.1, -0.05) is 11.6 Å². The number of nitrogens with zero attached hydrogens (tertiary/aromatic N) is 2. The molecule has 2 heterocycles. The number of halogens is 2. The fourth-order valence-corrected chi connectivity index (χ4v) is 4.28. The first-order chi connectivity index (χ1) is 14.9. The second-order valence-corrected chi connectivity index (χ2v) is 8.43. The molecule has 2 saturated heterocycles. The van der Waals surface area contributed by atoms with Gasteiger partial charge in [0.1, 0.15) is 12.4 Å². The first-order valence-electron chi connectivity index (χ1n) is 10.5. The van der Waals surface area contributed by atoms with Gasteiger partial charge in [0.25, 0.3) is 5.91 Å².